The van der Waals surface area contributed by atoms with E-state index in [0.717, 1.165) is 9.95 Å². The largest absolute Gasteiger partial charge is 0.495 e. The first kappa shape index (κ1) is 21.9. The van der Waals surface area contributed by atoms with E-state index in [4.69, 9.17) is 16.3 Å². The van der Waals surface area contributed by atoms with Gasteiger partial charge in [-0.25, -0.2) is 14.3 Å². The number of thiophene rings is 1. The molecule has 0 saturated heterocycles. The number of methoxy groups -OCH3 is 1. The van der Waals surface area contributed by atoms with Crippen LogP contribution >= 0.6 is 22.9 Å². The summed E-state index contributed by atoms with van der Waals surface area (Å²) >= 11 is 7.55. The highest BCUT2D eigenvalue weighted by molar-refractivity contribution is 7.22. The Bertz CT molecular complexity index is 1740. The molecule has 0 spiro atoms. The number of hydrogen-bond acceptors (Lipinski definition) is 7. The number of rotatable bonds is 5. The summed E-state index contributed by atoms with van der Waals surface area (Å²) in [7, 11) is 3.36. The van der Waals surface area contributed by atoms with Crippen molar-refractivity contribution in [3.63, 3.8) is 0 Å². The van der Waals surface area contributed by atoms with Crippen molar-refractivity contribution in [3.05, 3.63) is 69.0 Å². The number of fused-ring (bicyclic) bond motifs is 2. The van der Waals surface area contributed by atoms with E-state index in [1.165, 1.54) is 35.4 Å². The minimum absolute atomic E-state index is 0.104. The second kappa shape index (κ2) is 8.44. The van der Waals surface area contributed by atoms with E-state index in [0.29, 0.717) is 37.6 Å². The average Bonchev–Trinajstić information content (AvgIpc) is 3.44. The van der Waals surface area contributed by atoms with Crippen molar-refractivity contribution in [3.8, 4) is 27.9 Å². The summed E-state index contributed by atoms with van der Waals surface area (Å²) in [6, 6.07) is 7.39. The van der Waals surface area contributed by atoms with Crippen molar-refractivity contribution in [1.29, 1.82) is 5.26 Å². The molecule has 5 heterocycles. The van der Waals surface area contributed by atoms with Gasteiger partial charge in [0.2, 0.25) is 0 Å². The number of aromatic nitrogens is 5. The van der Waals surface area contributed by atoms with Gasteiger partial charge >= 0.3 is 5.69 Å². The summed E-state index contributed by atoms with van der Waals surface area (Å²) in [5.74, 6) is 0.512. The Labute approximate surface area is 201 Å². The molecule has 9 nitrogen and oxygen atoms in total. The topological polar surface area (TPSA) is 108 Å². The summed E-state index contributed by atoms with van der Waals surface area (Å²) in [6.45, 7) is 0.128. The molecular weight excluding hydrogens is 476 g/mol. The zero-order valence-corrected chi connectivity index (χ0v) is 19.7. The Hall–Kier alpha value is -3.94. The maximum Gasteiger partial charge on any atom is 0.336 e. The van der Waals surface area contributed by atoms with Crippen LogP contribution in [-0.2, 0) is 13.6 Å². The van der Waals surface area contributed by atoms with Crippen LogP contribution in [0.15, 0.2) is 52.6 Å². The zero-order chi connectivity index (χ0) is 24.0. The van der Waals surface area contributed by atoms with Crippen LogP contribution in [0.25, 0.3) is 37.2 Å². The number of hydrogen-bond donors (Lipinski definition) is 0. The first-order valence-corrected chi connectivity index (χ1v) is 11.4. The summed E-state index contributed by atoms with van der Waals surface area (Å²) in [5.41, 5.74) is 1.10. The fraction of sp³-hybridized carbons (Fsp3) is 0.174. The third-order valence-corrected chi connectivity index (χ3v) is 7.03. The summed E-state index contributed by atoms with van der Waals surface area (Å²) in [6.07, 6.45) is 6.63. The highest BCUT2D eigenvalue weighted by Gasteiger charge is 2.21. The summed E-state index contributed by atoms with van der Waals surface area (Å²) in [4.78, 5) is 36.4. The van der Waals surface area contributed by atoms with E-state index in [1.54, 1.807) is 18.3 Å². The lowest BCUT2D eigenvalue weighted by molar-refractivity contribution is 0.413. The van der Waals surface area contributed by atoms with Gasteiger partial charge < -0.3 is 9.30 Å². The van der Waals surface area contributed by atoms with E-state index in [2.05, 4.69) is 16.0 Å². The first-order chi connectivity index (χ1) is 16.4. The van der Waals surface area contributed by atoms with Crippen molar-refractivity contribution in [2.45, 2.75) is 13.0 Å². The van der Waals surface area contributed by atoms with Gasteiger partial charge in [-0.2, -0.15) is 5.26 Å². The van der Waals surface area contributed by atoms with Gasteiger partial charge in [0.25, 0.3) is 5.56 Å². The van der Waals surface area contributed by atoms with Crippen LogP contribution in [0.1, 0.15) is 6.42 Å². The van der Waals surface area contributed by atoms with Crippen LogP contribution in [0.3, 0.4) is 0 Å². The predicted molar refractivity (Wildman–Crippen MR) is 131 cm³/mol. The smallest absolute Gasteiger partial charge is 0.336 e. The Balaban J connectivity index is 1.86. The van der Waals surface area contributed by atoms with Crippen molar-refractivity contribution in [2.75, 3.05) is 7.11 Å². The van der Waals surface area contributed by atoms with E-state index in [1.807, 2.05) is 23.9 Å². The third-order valence-electron chi connectivity index (χ3n) is 5.58. The van der Waals surface area contributed by atoms with E-state index >= 15 is 0 Å². The molecule has 0 bridgehead atoms. The van der Waals surface area contributed by atoms with Gasteiger partial charge in [0, 0.05) is 41.8 Å². The van der Waals surface area contributed by atoms with E-state index in [9.17, 15) is 14.9 Å². The molecular formula is C23H17ClN6O3S. The molecule has 0 atom stereocenters. The van der Waals surface area contributed by atoms with Crippen LogP contribution in [0.5, 0.6) is 5.75 Å². The molecule has 0 aliphatic carbocycles. The minimum atomic E-state index is -0.539. The molecule has 0 N–H and O–H groups in total. The molecule has 0 aliphatic heterocycles. The molecule has 0 unspecified atom stereocenters. The molecule has 5 rings (SSSR count). The molecule has 0 saturated carbocycles. The lowest BCUT2D eigenvalue weighted by atomic mass is 10.2. The molecule has 0 amide bonds. The molecule has 5 aromatic heterocycles. The summed E-state index contributed by atoms with van der Waals surface area (Å²) in [5, 5.41) is 10.2. The fourth-order valence-corrected chi connectivity index (χ4v) is 5.35. The fourth-order valence-electron chi connectivity index (χ4n) is 3.98. The first-order valence-electron chi connectivity index (χ1n) is 10.2. The zero-order valence-electron chi connectivity index (χ0n) is 18.1. The Kier molecular flexibility index (Phi) is 5.43. The molecule has 0 aliphatic rings. The van der Waals surface area contributed by atoms with Crippen LogP contribution < -0.4 is 16.0 Å². The Morgan fingerprint density at radius 3 is 2.82 bits per heavy atom. The van der Waals surface area contributed by atoms with Crippen LogP contribution in [0, 0.1) is 11.3 Å². The molecule has 11 heteroatoms. The maximum atomic E-state index is 13.7. The minimum Gasteiger partial charge on any atom is -0.495 e. The predicted octanol–water partition coefficient (Wildman–Crippen LogP) is 3.74. The van der Waals surface area contributed by atoms with Gasteiger partial charge in [-0.05, 0) is 18.2 Å². The monoisotopic (exact) mass is 492 g/mol. The Morgan fingerprint density at radius 2 is 2.06 bits per heavy atom. The van der Waals surface area contributed by atoms with E-state index < -0.39 is 11.2 Å². The van der Waals surface area contributed by atoms with Gasteiger partial charge in [-0.1, -0.05) is 11.6 Å². The number of nitrogens with zero attached hydrogens (tertiary/aromatic N) is 6. The van der Waals surface area contributed by atoms with Crippen molar-refractivity contribution in [1.82, 2.24) is 23.7 Å². The SMILES string of the molecule is COc1cnc(Cl)c(-c2cc3c(s2)c(=O)n(-c2cncc4ccn(C)c24)c(=O)n3CCC#N)c1. The van der Waals surface area contributed by atoms with Crippen molar-refractivity contribution in [2.24, 2.45) is 7.05 Å². The average molecular weight is 493 g/mol. The molecule has 34 heavy (non-hydrogen) atoms. The highest BCUT2D eigenvalue weighted by Crippen LogP contribution is 2.36. The number of ether oxygens (including phenoxy) is 1. The van der Waals surface area contributed by atoms with Crippen LogP contribution in [-0.4, -0.2) is 30.8 Å². The quantitative estimate of drug-likeness (QED) is 0.346. The number of aryl methyl sites for hydroxylation is 2. The third kappa shape index (κ3) is 3.37. The molecule has 0 radical (unpaired) electrons. The Morgan fingerprint density at radius 1 is 1.24 bits per heavy atom. The van der Waals surface area contributed by atoms with Gasteiger partial charge in [0.05, 0.1) is 48.7 Å². The van der Waals surface area contributed by atoms with Gasteiger partial charge in [-0.3, -0.25) is 14.3 Å². The molecule has 0 aromatic carbocycles. The number of nitriles is 1. The standard InChI is InChI=1S/C23H17ClN6O3S/c1-28-7-4-13-10-26-12-17(19(13)28)30-22(31)20-16(29(23(30)32)6-3-5-25)9-18(34-20)15-8-14(33-2)11-27-21(15)24/h4,7-12H,3,6H2,1-2H3. The van der Waals surface area contributed by atoms with Crippen molar-refractivity contribution >= 4 is 44.1 Å². The summed E-state index contributed by atoms with van der Waals surface area (Å²) < 4.78 is 10.0. The highest BCUT2D eigenvalue weighted by atomic mass is 35.5. The second-order valence-corrected chi connectivity index (χ2v) is 8.95. The molecule has 0 fully saturated rings. The van der Waals surface area contributed by atoms with Crippen molar-refractivity contribution < 1.29 is 4.74 Å². The van der Waals surface area contributed by atoms with Crippen LogP contribution in [0.4, 0.5) is 0 Å². The lowest BCUT2D eigenvalue weighted by Crippen LogP contribution is -2.38. The van der Waals surface area contributed by atoms with Gasteiger partial charge in [-0.15, -0.1) is 11.3 Å². The van der Waals surface area contributed by atoms with Crippen LogP contribution in [0.2, 0.25) is 5.15 Å². The number of pyridine rings is 2. The number of halogens is 1. The van der Waals surface area contributed by atoms with E-state index in [-0.39, 0.29) is 18.1 Å². The normalized spacial score (nSPS) is 11.2. The van der Waals surface area contributed by atoms with Gasteiger partial charge in [0.1, 0.15) is 15.6 Å². The molecule has 5 aromatic rings. The lowest BCUT2D eigenvalue weighted by Gasteiger charge is -2.12. The molecule has 170 valence electrons. The second-order valence-electron chi connectivity index (χ2n) is 7.54. The maximum absolute atomic E-state index is 13.7. The van der Waals surface area contributed by atoms with Gasteiger partial charge in [0.15, 0.2) is 0 Å².